The van der Waals surface area contributed by atoms with Crippen LogP contribution in [0, 0.1) is 6.92 Å². The van der Waals surface area contributed by atoms with Crippen LogP contribution < -0.4 is 4.74 Å². The van der Waals surface area contributed by atoms with Gasteiger partial charge in [0.05, 0.1) is 4.47 Å². The van der Waals surface area contributed by atoms with Crippen molar-refractivity contribution in [3.63, 3.8) is 0 Å². The number of rotatable bonds is 3. The largest absolute Gasteiger partial charge is 0.456 e. The predicted molar refractivity (Wildman–Crippen MR) is 70.8 cm³/mol. The molecule has 0 radical (unpaired) electrons. The first-order valence-electron chi connectivity index (χ1n) is 5.18. The molecule has 0 unspecified atom stereocenters. The first-order valence-corrected chi connectivity index (χ1v) is 5.97. The summed E-state index contributed by atoms with van der Waals surface area (Å²) in [5.74, 6) is 1.47. The average molecular weight is 291 g/mol. The molecular formula is C14H11BrO2. The van der Waals surface area contributed by atoms with Gasteiger partial charge in [0.15, 0.2) is 0 Å². The van der Waals surface area contributed by atoms with Crippen molar-refractivity contribution in [1.82, 2.24) is 0 Å². The maximum Gasteiger partial charge on any atom is 0.150 e. The van der Waals surface area contributed by atoms with Crippen LogP contribution in [-0.2, 0) is 0 Å². The topological polar surface area (TPSA) is 26.3 Å². The summed E-state index contributed by atoms with van der Waals surface area (Å²) in [5.41, 5.74) is 1.81. The Balaban J connectivity index is 2.22. The second-order valence-corrected chi connectivity index (χ2v) is 4.58. The highest BCUT2D eigenvalue weighted by Crippen LogP contribution is 2.30. The number of hydrogen-bond acceptors (Lipinski definition) is 2. The predicted octanol–water partition coefficient (Wildman–Crippen LogP) is 4.36. The summed E-state index contributed by atoms with van der Waals surface area (Å²) in [6.07, 6.45) is 0.811. The van der Waals surface area contributed by atoms with Crippen molar-refractivity contribution in [3.05, 3.63) is 58.1 Å². The Morgan fingerprint density at radius 2 is 1.82 bits per heavy atom. The average Bonchev–Trinajstić information content (AvgIpc) is 2.34. The van der Waals surface area contributed by atoms with Gasteiger partial charge in [-0.2, -0.15) is 0 Å². The molecule has 0 saturated heterocycles. The minimum atomic E-state index is 0.639. The van der Waals surface area contributed by atoms with Gasteiger partial charge in [-0.3, -0.25) is 4.79 Å². The first-order chi connectivity index (χ1) is 8.19. The van der Waals surface area contributed by atoms with Crippen LogP contribution in [0.4, 0.5) is 0 Å². The maximum atomic E-state index is 10.5. The molecule has 0 fully saturated rings. The lowest BCUT2D eigenvalue weighted by atomic mass is 10.2. The molecular weight excluding hydrogens is 280 g/mol. The van der Waals surface area contributed by atoms with E-state index in [9.17, 15) is 4.79 Å². The standard InChI is InChI=1S/C14H11BrO2/c1-10-2-7-14(13(15)8-10)17-12-5-3-11(9-16)4-6-12/h2-9H,1H3. The van der Waals surface area contributed by atoms with Crippen LogP contribution >= 0.6 is 15.9 Å². The third-order valence-corrected chi connectivity index (χ3v) is 2.95. The minimum absolute atomic E-state index is 0.639. The smallest absolute Gasteiger partial charge is 0.150 e. The molecule has 0 atom stereocenters. The molecule has 0 saturated carbocycles. The van der Waals surface area contributed by atoms with E-state index in [2.05, 4.69) is 15.9 Å². The summed E-state index contributed by atoms with van der Waals surface area (Å²) in [6.45, 7) is 2.02. The summed E-state index contributed by atoms with van der Waals surface area (Å²) in [7, 11) is 0. The van der Waals surface area contributed by atoms with Gasteiger partial charge < -0.3 is 4.74 Å². The van der Waals surface area contributed by atoms with E-state index >= 15 is 0 Å². The van der Waals surface area contributed by atoms with Gasteiger partial charge in [0, 0.05) is 5.56 Å². The Morgan fingerprint density at radius 1 is 1.12 bits per heavy atom. The second-order valence-electron chi connectivity index (χ2n) is 3.72. The highest BCUT2D eigenvalue weighted by Gasteiger charge is 2.02. The van der Waals surface area contributed by atoms with Crippen molar-refractivity contribution in [2.45, 2.75) is 6.92 Å². The molecule has 2 rings (SSSR count). The molecule has 2 aromatic rings. The molecule has 0 N–H and O–H groups in total. The van der Waals surface area contributed by atoms with Gasteiger partial charge in [-0.15, -0.1) is 0 Å². The van der Waals surface area contributed by atoms with Crippen molar-refractivity contribution in [2.24, 2.45) is 0 Å². The molecule has 3 heteroatoms. The lowest BCUT2D eigenvalue weighted by Gasteiger charge is -2.08. The van der Waals surface area contributed by atoms with Gasteiger partial charge in [0.2, 0.25) is 0 Å². The molecule has 0 heterocycles. The van der Waals surface area contributed by atoms with Crippen LogP contribution in [0.3, 0.4) is 0 Å². The Bertz CT molecular complexity index is 532. The van der Waals surface area contributed by atoms with Crippen molar-refractivity contribution in [3.8, 4) is 11.5 Å². The van der Waals surface area contributed by atoms with E-state index in [1.165, 1.54) is 5.56 Å². The van der Waals surface area contributed by atoms with Crippen molar-refractivity contribution in [1.29, 1.82) is 0 Å². The Hall–Kier alpha value is -1.61. The number of aryl methyl sites for hydroxylation is 1. The number of ether oxygens (including phenoxy) is 1. The third-order valence-electron chi connectivity index (χ3n) is 2.33. The fourth-order valence-corrected chi connectivity index (χ4v) is 2.00. The Morgan fingerprint density at radius 3 is 2.41 bits per heavy atom. The molecule has 86 valence electrons. The van der Waals surface area contributed by atoms with E-state index in [1.54, 1.807) is 24.3 Å². The van der Waals surface area contributed by atoms with Crippen LogP contribution in [0.1, 0.15) is 15.9 Å². The summed E-state index contributed by atoms with van der Waals surface area (Å²) >= 11 is 3.45. The lowest BCUT2D eigenvalue weighted by Crippen LogP contribution is -1.87. The monoisotopic (exact) mass is 290 g/mol. The molecule has 2 nitrogen and oxygen atoms in total. The maximum absolute atomic E-state index is 10.5. The summed E-state index contributed by atoms with van der Waals surface area (Å²) in [6, 6.07) is 12.9. The number of halogens is 1. The fraction of sp³-hybridized carbons (Fsp3) is 0.0714. The summed E-state index contributed by atoms with van der Waals surface area (Å²) < 4.78 is 6.61. The highest BCUT2D eigenvalue weighted by molar-refractivity contribution is 9.10. The van der Waals surface area contributed by atoms with Crippen LogP contribution in [0.15, 0.2) is 46.9 Å². The molecule has 2 aromatic carbocycles. The van der Waals surface area contributed by atoms with Crippen molar-refractivity contribution >= 4 is 22.2 Å². The number of aldehydes is 1. The molecule has 0 bridgehead atoms. The van der Waals surface area contributed by atoms with E-state index < -0.39 is 0 Å². The molecule has 0 aliphatic rings. The van der Waals surface area contributed by atoms with E-state index in [-0.39, 0.29) is 0 Å². The SMILES string of the molecule is Cc1ccc(Oc2ccc(C=O)cc2)c(Br)c1. The molecule has 0 aliphatic heterocycles. The van der Waals surface area contributed by atoms with Gasteiger partial charge in [-0.1, -0.05) is 6.07 Å². The van der Waals surface area contributed by atoms with E-state index in [1.807, 2.05) is 25.1 Å². The zero-order valence-electron chi connectivity index (χ0n) is 9.31. The normalized spacial score (nSPS) is 10.0. The number of carbonyl (C=O) groups excluding carboxylic acids is 1. The van der Waals surface area contributed by atoms with Crippen LogP contribution in [0.5, 0.6) is 11.5 Å². The second kappa shape index (κ2) is 5.15. The quantitative estimate of drug-likeness (QED) is 0.785. The summed E-state index contributed by atoms with van der Waals surface area (Å²) in [5, 5.41) is 0. The first kappa shape index (κ1) is 11.9. The number of carbonyl (C=O) groups is 1. The van der Waals surface area contributed by atoms with E-state index in [0.717, 1.165) is 16.5 Å². The summed E-state index contributed by atoms with van der Waals surface area (Å²) in [4.78, 5) is 10.5. The number of hydrogen-bond donors (Lipinski definition) is 0. The Labute approximate surface area is 108 Å². The zero-order chi connectivity index (χ0) is 12.3. The van der Waals surface area contributed by atoms with Gasteiger partial charge in [0.25, 0.3) is 0 Å². The molecule has 17 heavy (non-hydrogen) atoms. The van der Waals surface area contributed by atoms with Gasteiger partial charge >= 0.3 is 0 Å². The molecule has 0 aliphatic carbocycles. The molecule has 0 aromatic heterocycles. The molecule has 0 spiro atoms. The highest BCUT2D eigenvalue weighted by atomic mass is 79.9. The molecule has 0 amide bonds. The van der Waals surface area contributed by atoms with Crippen LogP contribution in [0.2, 0.25) is 0 Å². The number of benzene rings is 2. The van der Waals surface area contributed by atoms with Crippen molar-refractivity contribution in [2.75, 3.05) is 0 Å². The van der Waals surface area contributed by atoms with Crippen molar-refractivity contribution < 1.29 is 9.53 Å². The fourth-order valence-electron chi connectivity index (χ4n) is 1.43. The van der Waals surface area contributed by atoms with Gasteiger partial charge in [0.1, 0.15) is 17.8 Å². The van der Waals surface area contributed by atoms with E-state index in [0.29, 0.717) is 11.3 Å². The Kier molecular flexibility index (Phi) is 3.59. The lowest BCUT2D eigenvalue weighted by molar-refractivity contribution is 0.112. The minimum Gasteiger partial charge on any atom is -0.456 e. The van der Waals surface area contributed by atoms with Gasteiger partial charge in [-0.05, 0) is 64.8 Å². The van der Waals surface area contributed by atoms with Crippen LogP contribution in [0.25, 0.3) is 0 Å². The van der Waals surface area contributed by atoms with Crippen LogP contribution in [-0.4, -0.2) is 6.29 Å². The van der Waals surface area contributed by atoms with E-state index in [4.69, 9.17) is 4.74 Å². The van der Waals surface area contributed by atoms with Gasteiger partial charge in [-0.25, -0.2) is 0 Å². The zero-order valence-corrected chi connectivity index (χ0v) is 10.9. The third kappa shape index (κ3) is 2.94.